The van der Waals surface area contributed by atoms with Crippen molar-refractivity contribution in [2.24, 2.45) is 5.41 Å². The molecule has 1 aliphatic rings. The van der Waals surface area contributed by atoms with Gasteiger partial charge in [0.15, 0.2) is 0 Å². The molecule has 1 saturated carbocycles. The molecule has 0 amide bonds. The number of rotatable bonds is 4. The molecule has 0 bridgehead atoms. The van der Waals surface area contributed by atoms with Gasteiger partial charge in [-0.15, -0.1) is 0 Å². The molecule has 1 aromatic rings. The molecule has 88 valence electrons. The molecule has 0 spiro atoms. The van der Waals surface area contributed by atoms with E-state index in [9.17, 15) is 5.11 Å². The fourth-order valence-electron chi connectivity index (χ4n) is 2.22. The summed E-state index contributed by atoms with van der Waals surface area (Å²) in [5.41, 5.74) is 1.08. The molecular weight excluding hydrogens is 245 g/mol. The van der Waals surface area contributed by atoms with Crippen molar-refractivity contribution in [2.45, 2.75) is 18.9 Å². The Hall–Kier alpha value is -0.280. The third-order valence-corrected chi connectivity index (χ3v) is 4.12. The van der Waals surface area contributed by atoms with E-state index >= 15 is 0 Å². The van der Waals surface area contributed by atoms with E-state index in [0.29, 0.717) is 10.0 Å². The number of nitrogens with one attached hydrogen (secondary N) is 1. The summed E-state index contributed by atoms with van der Waals surface area (Å²) in [6.07, 6.45) is 2.10. The van der Waals surface area contributed by atoms with Gasteiger partial charge in [-0.05, 0) is 37.6 Å². The van der Waals surface area contributed by atoms with Gasteiger partial charge in [-0.1, -0.05) is 29.3 Å². The van der Waals surface area contributed by atoms with Gasteiger partial charge in [-0.2, -0.15) is 0 Å². The van der Waals surface area contributed by atoms with Crippen molar-refractivity contribution >= 4 is 23.2 Å². The zero-order chi connectivity index (χ0) is 11.8. The van der Waals surface area contributed by atoms with Crippen LogP contribution in [-0.4, -0.2) is 18.8 Å². The van der Waals surface area contributed by atoms with Crippen LogP contribution >= 0.6 is 23.2 Å². The average Bonchev–Trinajstić information content (AvgIpc) is 3.05. The van der Waals surface area contributed by atoms with Crippen LogP contribution in [0.2, 0.25) is 10.0 Å². The number of aliphatic hydroxyl groups is 1. The molecule has 0 heterocycles. The van der Waals surface area contributed by atoms with Crippen LogP contribution in [-0.2, 0) is 0 Å². The first-order valence-electron chi connectivity index (χ1n) is 5.36. The summed E-state index contributed by atoms with van der Waals surface area (Å²) in [5, 5.41) is 13.8. The highest BCUT2D eigenvalue weighted by Gasteiger charge is 2.48. The first kappa shape index (κ1) is 12.2. The Morgan fingerprint density at radius 3 is 2.50 bits per heavy atom. The van der Waals surface area contributed by atoms with E-state index in [1.54, 1.807) is 6.07 Å². The Balaban J connectivity index is 2.30. The van der Waals surface area contributed by atoms with Crippen LogP contribution in [0, 0.1) is 5.41 Å². The van der Waals surface area contributed by atoms with Crippen LogP contribution in [0.15, 0.2) is 18.2 Å². The molecule has 2 rings (SSSR count). The summed E-state index contributed by atoms with van der Waals surface area (Å²) >= 11 is 11.9. The van der Waals surface area contributed by atoms with Crippen LogP contribution in [0.25, 0.3) is 0 Å². The van der Waals surface area contributed by atoms with Gasteiger partial charge in [0.1, 0.15) is 0 Å². The lowest BCUT2D eigenvalue weighted by Crippen LogP contribution is -2.29. The predicted molar refractivity (Wildman–Crippen MR) is 67.0 cm³/mol. The third kappa shape index (κ3) is 2.07. The maximum absolute atomic E-state index is 9.44. The van der Waals surface area contributed by atoms with Gasteiger partial charge < -0.3 is 10.4 Å². The van der Waals surface area contributed by atoms with Gasteiger partial charge in [0.25, 0.3) is 0 Å². The zero-order valence-electron chi connectivity index (χ0n) is 9.13. The van der Waals surface area contributed by atoms with Gasteiger partial charge in [0, 0.05) is 11.5 Å². The Morgan fingerprint density at radius 1 is 1.38 bits per heavy atom. The van der Waals surface area contributed by atoms with Crippen molar-refractivity contribution in [3.63, 3.8) is 0 Å². The Morgan fingerprint density at radius 2 is 2.06 bits per heavy atom. The van der Waals surface area contributed by atoms with Gasteiger partial charge in [-0.3, -0.25) is 0 Å². The van der Waals surface area contributed by atoms with Crippen molar-refractivity contribution in [2.75, 3.05) is 13.7 Å². The highest BCUT2D eigenvalue weighted by molar-refractivity contribution is 6.42. The van der Waals surface area contributed by atoms with Crippen LogP contribution in [0.5, 0.6) is 0 Å². The summed E-state index contributed by atoms with van der Waals surface area (Å²) in [5.74, 6) is 0. The summed E-state index contributed by atoms with van der Waals surface area (Å²) < 4.78 is 0. The van der Waals surface area contributed by atoms with Gasteiger partial charge in [0.2, 0.25) is 0 Å². The van der Waals surface area contributed by atoms with Crippen molar-refractivity contribution in [3.8, 4) is 0 Å². The predicted octanol–water partition coefficient (Wildman–Crippen LogP) is 3.03. The second-order valence-corrected chi connectivity index (χ2v) is 5.23. The molecule has 16 heavy (non-hydrogen) atoms. The van der Waals surface area contributed by atoms with E-state index in [-0.39, 0.29) is 18.1 Å². The maximum atomic E-state index is 9.44. The number of halogens is 2. The van der Waals surface area contributed by atoms with E-state index in [1.807, 2.05) is 19.2 Å². The molecule has 1 fully saturated rings. The van der Waals surface area contributed by atoms with Gasteiger partial charge >= 0.3 is 0 Å². The largest absolute Gasteiger partial charge is 0.396 e. The van der Waals surface area contributed by atoms with Crippen molar-refractivity contribution in [3.05, 3.63) is 33.8 Å². The highest BCUT2D eigenvalue weighted by atomic mass is 35.5. The van der Waals surface area contributed by atoms with Gasteiger partial charge in [0.05, 0.1) is 16.7 Å². The lowest BCUT2D eigenvalue weighted by Gasteiger charge is -2.25. The fraction of sp³-hybridized carbons (Fsp3) is 0.500. The monoisotopic (exact) mass is 259 g/mol. The lowest BCUT2D eigenvalue weighted by atomic mass is 9.91. The SMILES string of the molecule is CNC(c1ccc(Cl)c(Cl)c1)C1(CO)CC1. The molecule has 0 aliphatic heterocycles. The molecule has 4 heteroatoms. The van der Waals surface area contributed by atoms with Crippen LogP contribution in [0.4, 0.5) is 0 Å². The van der Waals surface area contributed by atoms with E-state index in [2.05, 4.69) is 5.32 Å². The standard InChI is InChI=1S/C12H15Cl2NO/c1-15-11(12(7-16)4-5-12)8-2-3-9(13)10(14)6-8/h2-3,6,11,15-16H,4-5,7H2,1H3. The topological polar surface area (TPSA) is 32.3 Å². The van der Waals surface area contributed by atoms with E-state index in [0.717, 1.165) is 18.4 Å². The van der Waals surface area contributed by atoms with E-state index in [1.165, 1.54) is 0 Å². The first-order valence-corrected chi connectivity index (χ1v) is 6.11. The zero-order valence-corrected chi connectivity index (χ0v) is 10.6. The maximum Gasteiger partial charge on any atom is 0.0595 e. The van der Waals surface area contributed by atoms with Crippen LogP contribution in [0.3, 0.4) is 0 Å². The minimum Gasteiger partial charge on any atom is -0.396 e. The van der Waals surface area contributed by atoms with Crippen LogP contribution < -0.4 is 5.32 Å². The summed E-state index contributed by atoms with van der Waals surface area (Å²) in [7, 11) is 1.91. The molecule has 1 aliphatic carbocycles. The number of benzene rings is 1. The van der Waals surface area contributed by atoms with Crippen molar-refractivity contribution in [1.82, 2.24) is 5.32 Å². The first-order chi connectivity index (χ1) is 7.63. The molecule has 0 saturated heterocycles. The molecule has 2 N–H and O–H groups in total. The lowest BCUT2D eigenvalue weighted by molar-refractivity contribution is 0.175. The average molecular weight is 260 g/mol. The summed E-state index contributed by atoms with van der Waals surface area (Å²) in [4.78, 5) is 0. The molecule has 1 unspecified atom stereocenters. The van der Waals surface area contributed by atoms with Crippen LogP contribution in [0.1, 0.15) is 24.4 Å². The number of aliphatic hydroxyl groups excluding tert-OH is 1. The summed E-state index contributed by atoms with van der Waals surface area (Å²) in [6, 6.07) is 5.79. The Bertz CT molecular complexity index is 391. The van der Waals surface area contributed by atoms with E-state index in [4.69, 9.17) is 23.2 Å². The Labute approximate surface area is 106 Å². The minimum atomic E-state index is -0.00803. The molecule has 0 radical (unpaired) electrons. The smallest absolute Gasteiger partial charge is 0.0595 e. The van der Waals surface area contributed by atoms with Crippen molar-refractivity contribution in [1.29, 1.82) is 0 Å². The minimum absolute atomic E-state index is 0.00803. The Kier molecular flexibility index (Phi) is 3.45. The molecule has 1 aromatic carbocycles. The quantitative estimate of drug-likeness (QED) is 0.872. The van der Waals surface area contributed by atoms with Crippen molar-refractivity contribution < 1.29 is 5.11 Å². The number of hydrogen-bond donors (Lipinski definition) is 2. The summed E-state index contributed by atoms with van der Waals surface area (Å²) in [6.45, 7) is 0.207. The molecule has 1 atom stereocenters. The second kappa shape index (κ2) is 4.53. The molecule has 0 aromatic heterocycles. The molecular formula is C12H15Cl2NO. The van der Waals surface area contributed by atoms with E-state index < -0.39 is 0 Å². The second-order valence-electron chi connectivity index (χ2n) is 4.42. The third-order valence-electron chi connectivity index (χ3n) is 3.39. The fourth-order valence-corrected chi connectivity index (χ4v) is 2.52. The van der Waals surface area contributed by atoms with Gasteiger partial charge in [-0.25, -0.2) is 0 Å². The molecule has 2 nitrogen and oxygen atoms in total. The number of hydrogen-bond acceptors (Lipinski definition) is 2. The normalized spacial score (nSPS) is 19.5. The highest BCUT2D eigenvalue weighted by Crippen LogP contribution is 2.54.